The van der Waals surface area contributed by atoms with Crippen LogP contribution in [0.2, 0.25) is 0 Å². The van der Waals surface area contributed by atoms with E-state index in [0.29, 0.717) is 47.3 Å². The van der Waals surface area contributed by atoms with E-state index in [1.165, 1.54) is 11.1 Å². The first kappa shape index (κ1) is 74.4. The maximum atomic E-state index is 12.5. The molecule has 20 nitrogen and oxygen atoms in total. The summed E-state index contributed by atoms with van der Waals surface area (Å²) in [6.45, 7) is 22.9. The van der Waals surface area contributed by atoms with Crippen molar-refractivity contribution in [3.8, 4) is 0 Å². The Hall–Kier alpha value is -5.38. The van der Waals surface area contributed by atoms with E-state index in [9.17, 15) is 19.2 Å². The summed E-state index contributed by atoms with van der Waals surface area (Å²) >= 11 is 15.6. The number of halogens is 5. The minimum Gasteiger partial charge on any atom is -0.444 e. The van der Waals surface area contributed by atoms with Crippen molar-refractivity contribution in [2.24, 2.45) is 0 Å². The fourth-order valence-corrected chi connectivity index (χ4v) is 15.7. The van der Waals surface area contributed by atoms with E-state index in [2.05, 4.69) is 129 Å². The summed E-state index contributed by atoms with van der Waals surface area (Å²) in [5.74, 6) is 2.65. The monoisotopic (exact) mass is 1660 g/mol. The van der Waals surface area contributed by atoms with Crippen LogP contribution in [0, 0.1) is 3.57 Å². The Kier molecular flexibility index (Phi) is 24.9. The quantitative estimate of drug-likeness (QED) is 0.0861. The third-order valence-electron chi connectivity index (χ3n) is 17.2. The molecule has 6 N–H and O–H groups in total. The summed E-state index contributed by atoms with van der Waals surface area (Å²) in [6, 6.07) is 15.8. The Bertz CT molecular complexity index is 3400. The summed E-state index contributed by atoms with van der Waals surface area (Å²) < 4.78 is 27.0. The number of rotatable bonds is 3. The minimum atomic E-state index is -0.458. The van der Waals surface area contributed by atoms with Crippen molar-refractivity contribution >= 4 is 128 Å². The number of pyridine rings is 5. The third-order valence-corrected chi connectivity index (χ3v) is 19.8. The van der Waals surface area contributed by atoms with Gasteiger partial charge in [-0.05, 0) is 293 Å². The molecule has 7 saturated heterocycles. The van der Waals surface area contributed by atoms with Gasteiger partial charge in [-0.2, -0.15) is 0 Å². The maximum Gasteiger partial charge on any atom is 0.411 e. The van der Waals surface area contributed by atoms with Gasteiger partial charge in [0.2, 0.25) is 0 Å². The molecule has 13 rings (SSSR count). The number of aromatic nitrogens is 5. The van der Waals surface area contributed by atoms with Gasteiger partial charge in [0, 0.05) is 114 Å². The van der Waals surface area contributed by atoms with Gasteiger partial charge >= 0.3 is 24.4 Å². The van der Waals surface area contributed by atoms with Crippen LogP contribution in [-0.4, -0.2) is 140 Å². The topological polar surface area (TPSA) is 261 Å². The Labute approximate surface area is 601 Å². The second kappa shape index (κ2) is 31.4. The smallest absolute Gasteiger partial charge is 0.411 e. The summed E-state index contributed by atoms with van der Waals surface area (Å²) in [6.07, 6.45) is 27.6. The van der Waals surface area contributed by atoms with Crippen molar-refractivity contribution < 1.29 is 38.1 Å². The van der Waals surface area contributed by atoms with Crippen molar-refractivity contribution in [2.45, 2.75) is 242 Å². The van der Waals surface area contributed by atoms with Gasteiger partial charge in [-0.3, -0.25) is 14.9 Å². The van der Waals surface area contributed by atoms with Gasteiger partial charge < -0.3 is 50.8 Å². The molecule has 0 aromatic carbocycles. The van der Waals surface area contributed by atoms with Gasteiger partial charge in [-0.25, -0.2) is 34.1 Å². The zero-order chi connectivity index (χ0) is 68.8. The molecule has 8 aliphatic heterocycles. The van der Waals surface area contributed by atoms with Gasteiger partial charge in [0.15, 0.2) is 0 Å². The number of nitrogen functional groups attached to an aromatic ring is 3. The highest BCUT2D eigenvalue weighted by molar-refractivity contribution is 14.1. The SMILES string of the molecule is Brc1cncc(Br)c1.CC(C)(C)OC(=O)N1C2C=CC1CC2.CC(C)(C)OC(=O)N1C2CCC1C(c1ccc(N)nc1)C2.CC(C)(C)OC(=O)N1C2CCC1C(c1cnc(N)c(Br)c1)C2.CC(C)(C)OC(=O)N1C2CCC1C(c1cncc(Br)c1)C2.Nc1ccc(I)cn1. The normalized spacial score (nSPS) is 24.9. The summed E-state index contributed by atoms with van der Waals surface area (Å²) in [4.78, 5) is 77.3. The van der Waals surface area contributed by atoms with Crippen LogP contribution in [0.15, 0.2) is 116 Å². The van der Waals surface area contributed by atoms with Gasteiger partial charge in [-0.15, -0.1) is 0 Å². The number of hydrogen-bond donors (Lipinski definition) is 3. The molecule has 13 heterocycles. The van der Waals surface area contributed by atoms with Gasteiger partial charge in [0.1, 0.15) is 39.9 Å². The molecule has 25 heteroatoms. The lowest BCUT2D eigenvalue weighted by Gasteiger charge is -2.28. The van der Waals surface area contributed by atoms with Crippen LogP contribution in [0.25, 0.3) is 0 Å². The molecule has 0 saturated carbocycles. The molecule has 0 spiro atoms. The first-order valence-electron chi connectivity index (χ1n) is 32.1. The summed E-state index contributed by atoms with van der Waals surface area (Å²) in [7, 11) is 0. The molecular formula is C69H91Br4IN12O8. The van der Waals surface area contributed by atoms with Crippen LogP contribution in [0.4, 0.5) is 36.6 Å². The van der Waals surface area contributed by atoms with E-state index in [0.717, 1.165) is 97.7 Å². The number of anilines is 3. The van der Waals surface area contributed by atoms with Crippen LogP contribution in [0.1, 0.15) is 188 Å². The summed E-state index contributed by atoms with van der Waals surface area (Å²) in [5, 5.41) is 0. The molecule has 11 unspecified atom stereocenters. The predicted molar refractivity (Wildman–Crippen MR) is 389 cm³/mol. The third kappa shape index (κ3) is 20.4. The molecule has 4 amide bonds. The molecule has 0 aliphatic carbocycles. The number of hydrogen-bond acceptors (Lipinski definition) is 16. The highest BCUT2D eigenvalue weighted by Gasteiger charge is 2.53. The van der Waals surface area contributed by atoms with Gasteiger partial charge in [-0.1, -0.05) is 18.2 Å². The van der Waals surface area contributed by atoms with E-state index in [-0.39, 0.29) is 66.2 Å². The molecule has 8 aliphatic rings. The Morgan fingerprint density at radius 1 is 0.436 bits per heavy atom. The van der Waals surface area contributed by atoms with E-state index >= 15 is 0 Å². The Morgan fingerprint density at radius 3 is 1.13 bits per heavy atom. The van der Waals surface area contributed by atoms with Crippen molar-refractivity contribution in [3.63, 3.8) is 0 Å². The lowest BCUT2D eigenvalue weighted by molar-refractivity contribution is 0.0201. The van der Waals surface area contributed by atoms with Crippen LogP contribution in [0.3, 0.4) is 0 Å². The van der Waals surface area contributed by atoms with E-state index < -0.39 is 16.8 Å². The predicted octanol–water partition coefficient (Wildman–Crippen LogP) is 16.9. The van der Waals surface area contributed by atoms with Crippen LogP contribution in [-0.2, 0) is 18.9 Å². The molecule has 5 aromatic heterocycles. The zero-order valence-electron chi connectivity index (χ0n) is 55.8. The van der Waals surface area contributed by atoms with Gasteiger partial charge in [0.25, 0.3) is 0 Å². The van der Waals surface area contributed by atoms with Crippen molar-refractivity contribution in [3.05, 3.63) is 136 Å². The summed E-state index contributed by atoms with van der Waals surface area (Å²) in [5.41, 5.74) is 18.5. The number of carbonyl (C=O) groups is 4. The molecule has 94 heavy (non-hydrogen) atoms. The molecule has 510 valence electrons. The molecule has 0 radical (unpaired) electrons. The highest BCUT2D eigenvalue weighted by atomic mass is 127. The fourth-order valence-electron chi connectivity index (χ4n) is 13.6. The van der Waals surface area contributed by atoms with Crippen LogP contribution < -0.4 is 17.2 Å². The molecule has 7 fully saturated rings. The Balaban J connectivity index is 0.000000150. The van der Waals surface area contributed by atoms with Crippen LogP contribution >= 0.6 is 86.3 Å². The second-order valence-electron chi connectivity index (χ2n) is 28.9. The number of nitrogens with zero attached hydrogens (tertiary/aromatic N) is 9. The Morgan fingerprint density at radius 2 is 0.798 bits per heavy atom. The first-order valence-corrected chi connectivity index (χ1v) is 36.4. The number of amides is 4. The number of fused-ring (bicyclic) bond motifs is 8. The van der Waals surface area contributed by atoms with E-state index in [1.54, 1.807) is 30.9 Å². The fraction of sp³-hybridized carbons (Fsp3) is 0.551. The molecular weight excluding hydrogens is 1570 g/mol. The largest absolute Gasteiger partial charge is 0.444 e. The lowest BCUT2D eigenvalue weighted by Crippen LogP contribution is -2.40. The van der Waals surface area contributed by atoms with Gasteiger partial charge in [0.05, 0.1) is 16.6 Å². The van der Waals surface area contributed by atoms with Crippen LogP contribution in [0.5, 0.6) is 0 Å². The molecule has 8 bridgehead atoms. The van der Waals surface area contributed by atoms with Crippen molar-refractivity contribution in [2.75, 3.05) is 17.2 Å². The number of ether oxygens (including phenoxy) is 4. The van der Waals surface area contributed by atoms with Crippen molar-refractivity contribution in [1.29, 1.82) is 0 Å². The standard InChI is InChI=1S/C16H22BrN3O2.C16H21BrN2O2.C16H23N3O2.C11H17NO2.C5H3Br2N.C5H5IN2/c1-16(2,3)22-15(21)20-10-4-5-13(20)11(7-10)9-6-12(17)14(18)19-8-9;1-16(2,3)21-15(20)19-12-4-5-14(19)13(7-12)10-6-11(17)9-18-8-10;1-16(2,3)21-15(20)19-11-5-6-13(19)12(8-11)10-4-7-14(17)18-9-10;1-11(2,3)14-10(13)12-8-4-5-9(12)7-6-8;6-4-1-5(7)3-8-2-4;6-4-1-2-5(7)8-3-4/h6,8,10-11,13H,4-5,7H2,1-3H3,(H2,18,19);6,8-9,12-14H,4-5,7H2,1-3H3;4,7,9,11-13H,5-6,8H2,1-3H3,(H2,17,18);4-5,8-9H,6-7H2,1-3H3;1-3H;1-3H,(H2,7,8). The average Bonchev–Trinajstić information content (AvgIpc) is 1.62. The minimum absolute atomic E-state index is 0.166. The number of carbonyl (C=O) groups excluding carboxylic acids is 4. The zero-order valence-corrected chi connectivity index (χ0v) is 64.3. The van der Waals surface area contributed by atoms with E-state index in [4.69, 9.17) is 36.1 Å². The average molecular weight is 1660 g/mol. The first-order chi connectivity index (χ1) is 44.0. The van der Waals surface area contributed by atoms with Crippen molar-refractivity contribution in [1.82, 2.24) is 44.5 Å². The maximum absolute atomic E-state index is 12.5. The van der Waals surface area contributed by atoms with E-state index in [1.807, 2.05) is 152 Å². The highest BCUT2D eigenvalue weighted by Crippen LogP contribution is 2.50. The lowest BCUT2D eigenvalue weighted by atomic mass is 9.85. The molecule has 5 aromatic rings. The number of nitrogens with two attached hydrogens (primary N) is 3. The second-order valence-corrected chi connectivity index (χ2v) is 33.7. The molecule has 11 atom stereocenters.